The minimum absolute atomic E-state index is 0.00118. The van der Waals surface area contributed by atoms with E-state index in [0.717, 1.165) is 12.8 Å². The van der Waals surface area contributed by atoms with E-state index in [9.17, 15) is 23.1 Å². The van der Waals surface area contributed by atoms with Gasteiger partial charge in [-0.2, -0.15) is 4.31 Å². The van der Waals surface area contributed by atoms with Crippen molar-refractivity contribution in [1.82, 2.24) is 9.21 Å². The first-order chi connectivity index (χ1) is 11.7. The van der Waals surface area contributed by atoms with Crippen molar-refractivity contribution in [2.45, 2.75) is 24.2 Å². The average Bonchev–Trinajstić information content (AvgIpc) is 3.12. The van der Waals surface area contributed by atoms with Crippen molar-refractivity contribution in [2.24, 2.45) is 11.3 Å². The Labute approximate surface area is 147 Å². The highest BCUT2D eigenvalue weighted by atomic mass is 32.2. The van der Waals surface area contributed by atoms with Crippen molar-refractivity contribution in [3.63, 3.8) is 0 Å². The van der Waals surface area contributed by atoms with Crippen molar-refractivity contribution in [2.75, 3.05) is 27.2 Å². The van der Waals surface area contributed by atoms with Crippen LogP contribution in [-0.4, -0.2) is 61.8 Å². The Bertz CT molecular complexity index is 820. The molecule has 0 unspecified atom stereocenters. The van der Waals surface area contributed by atoms with E-state index in [0.29, 0.717) is 12.0 Å². The maximum absolute atomic E-state index is 13.0. The Morgan fingerprint density at radius 3 is 2.64 bits per heavy atom. The van der Waals surface area contributed by atoms with Crippen LogP contribution in [0.25, 0.3) is 0 Å². The second-order valence-corrected chi connectivity index (χ2v) is 9.01. The summed E-state index contributed by atoms with van der Waals surface area (Å²) in [6.07, 6.45) is 2.06. The third kappa shape index (κ3) is 2.83. The molecule has 1 aromatic rings. The molecule has 1 aliphatic carbocycles. The molecule has 0 bridgehead atoms. The minimum Gasteiger partial charge on any atom is -0.481 e. The number of rotatable bonds is 4. The number of carbonyl (C=O) groups is 2. The Balaban J connectivity index is 1.92. The summed E-state index contributed by atoms with van der Waals surface area (Å²) in [6, 6.07) is 5.91. The fourth-order valence-electron chi connectivity index (χ4n) is 3.97. The van der Waals surface area contributed by atoms with Gasteiger partial charge in [0.15, 0.2) is 0 Å². The normalized spacial score (nSPS) is 26.4. The molecule has 1 heterocycles. The number of benzene rings is 1. The van der Waals surface area contributed by atoms with Crippen LogP contribution >= 0.6 is 0 Å². The molecule has 0 radical (unpaired) electrons. The molecule has 1 aromatic carbocycles. The van der Waals surface area contributed by atoms with E-state index in [1.807, 2.05) is 0 Å². The zero-order valence-corrected chi connectivity index (χ0v) is 15.1. The molecule has 3 rings (SSSR count). The molecular weight excluding hydrogens is 344 g/mol. The molecule has 1 saturated carbocycles. The number of hydrogen-bond acceptors (Lipinski definition) is 4. The maximum Gasteiger partial charge on any atom is 0.311 e. The molecule has 0 spiro atoms. The summed E-state index contributed by atoms with van der Waals surface area (Å²) in [6.45, 7) is 0.224. The smallest absolute Gasteiger partial charge is 0.311 e. The molecule has 1 amide bonds. The lowest BCUT2D eigenvalue weighted by molar-refractivity contribution is -0.149. The number of nitrogens with zero attached hydrogens (tertiary/aromatic N) is 2. The molecule has 1 saturated heterocycles. The highest BCUT2D eigenvalue weighted by molar-refractivity contribution is 7.89. The van der Waals surface area contributed by atoms with Gasteiger partial charge in [0.05, 0.1) is 10.3 Å². The van der Waals surface area contributed by atoms with Crippen LogP contribution in [0.3, 0.4) is 0 Å². The highest BCUT2D eigenvalue weighted by Crippen LogP contribution is 2.50. The predicted octanol–water partition coefficient (Wildman–Crippen LogP) is 1.26. The summed E-state index contributed by atoms with van der Waals surface area (Å²) in [7, 11) is -0.637. The largest absolute Gasteiger partial charge is 0.481 e. The minimum atomic E-state index is -3.83. The standard InChI is InChI=1S/C17H22N2O5S/c1-18(2)15(20)12-5-3-7-14(9-12)25(23,24)19-10-13-6-4-8-17(13,11-19)16(21)22/h3,5,7,9,13H,4,6,8,10-11H2,1-2H3,(H,21,22)/t13-,17+/m0/s1. The first-order valence-corrected chi connectivity index (χ1v) is 9.68. The van der Waals surface area contributed by atoms with Gasteiger partial charge in [-0.25, -0.2) is 8.42 Å². The zero-order valence-electron chi connectivity index (χ0n) is 14.3. The lowest BCUT2D eigenvalue weighted by Gasteiger charge is -2.23. The topological polar surface area (TPSA) is 95.0 Å². The van der Waals surface area contributed by atoms with Crippen molar-refractivity contribution in [1.29, 1.82) is 0 Å². The fourth-order valence-corrected chi connectivity index (χ4v) is 5.57. The SMILES string of the molecule is CN(C)C(=O)c1cccc(S(=O)(=O)N2C[C@@H]3CCC[C@@]3(C(=O)O)C2)c1. The van der Waals surface area contributed by atoms with Crippen LogP contribution in [0.1, 0.15) is 29.6 Å². The van der Waals surface area contributed by atoms with Gasteiger partial charge in [-0.1, -0.05) is 12.5 Å². The van der Waals surface area contributed by atoms with Crippen LogP contribution in [0.2, 0.25) is 0 Å². The Hall–Kier alpha value is -1.93. The van der Waals surface area contributed by atoms with Gasteiger partial charge in [-0.05, 0) is 37.0 Å². The molecule has 1 aliphatic heterocycles. The van der Waals surface area contributed by atoms with Crippen LogP contribution in [0.4, 0.5) is 0 Å². The second kappa shape index (κ2) is 6.10. The monoisotopic (exact) mass is 366 g/mol. The maximum atomic E-state index is 13.0. The molecule has 7 nitrogen and oxygen atoms in total. The number of carbonyl (C=O) groups excluding carboxylic acids is 1. The lowest BCUT2D eigenvalue weighted by atomic mass is 9.81. The first kappa shape index (κ1) is 17.9. The Kier molecular flexibility index (Phi) is 4.36. The van der Waals surface area contributed by atoms with Crippen LogP contribution < -0.4 is 0 Å². The zero-order chi connectivity index (χ0) is 18.4. The van der Waals surface area contributed by atoms with Crippen molar-refractivity contribution < 1.29 is 23.1 Å². The van der Waals surface area contributed by atoms with Crippen LogP contribution in [-0.2, 0) is 14.8 Å². The van der Waals surface area contributed by atoms with Gasteiger partial charge in [-0.3, -0.25) is 9.59 Å². The summed E-state index contributed by atoms with van der Waals surface area (Å²) in [5.41, 5.74) is -0.678. The lowest BCUT2D eigenvalue weighted by Crippen LogP contribution is -2.37. The molecule has 136 valence electrons. The third-order valence-corrected chi connectivity index (χ3v) is 7.20. The van der Waals surface area contributed by atoms with E-state index < -0.39 is 21.4 Å². The van der Waals surface area contributed by atoms with E-state index >= 15 is 0 Å². The third-order valence-electron chi connectivity index (χ3n) is 5.39. The van der Waals surface area contributed by atoms with E-state index in [2.05, 4.69) is 0 Å². The molecular formula is C17H22N2O5S. The van der Waals surface area contributed by atoms with Crippen LogP contribution in [0.5, 0.6) is 0 Å². The van der Waals surface area contributed by atoms with Crippen LogP contribution in [0, 0.1) is 11.3 Å². The predicted molar refractivity (Wildman–Crippen MR) is 90.6 cm³/mol. The van der Waals surface area contributed by atoms with Gasteiger partial charge in [0.25, 0.3) is 5.91 Å². The molecule has 25 heavy (non-hydrogen) atoms. The van der Waals surface area contributed by atoms with Gasteiger partial charge >= 0.3 is 5.97 Å². The summed E-state index contributed by atoms with van der Waals surface area (Å²) in [5.74, 6) is -1.34. The van der Waals surface area contributed by atoms with E-state index in [1.165, 1.54) is 27.4 Å². The Morgan fingerprint density at radius 2 is 2.04 bits per heavy atom. The van der Waals surface area contributed by atoms with Gasteiger partial charge in [0.1, 0.15) is 0 Å². The summed E-state index contributed by atoms with van der Waals surface area (Å²) in [5, 5.41) is 9.63. The van der Waals surface area contributed by atoms with E-state index in [4.69, 9.17) is 0 Å². The van der Waals surface area contributed by atoms with Gasteiger partial charge in [0.2, 0.25) is 10.0 Å². The number of fused-ring (bicyclic) bond motifs is 1. The second-order valence-electron chi connectivity index (χ2n) is 7.08. The van der Waals surface area contributed by atoms with Crippen molar-refractivity contribution in [3.05, 3.63) is 29.8 Å². The number of sulfonamides is 1. The van der Waals surface area contributed by atoms with Crippen molar-refractivity contribution in [3.8, 4) is 0 Å². The molecule has 0 aromatic heterocycles. The van der Waals surface area contributed by atoms with E-state index in [1.54, 1.807) is 20.2 Å². The van der Waals surface area contributed by atoms with Gasteiger partial charge in [0, 0.05) is 32.7 Å². The van der Waals surface area contributed by atoms with Gasteiger partial charge in [-0.15, -0.1) is 0 Å². The number of carboxylic acids is 1. The van der Waals surface area contributed by atoms with Crippen molar-refractivity contribution >= 4 is 21.9 Å². The average molecular weight is 366 g/mol. The van der Waals surface area contributed by atoms with Crippen LogP contribution in [0.15, 0.2) is 29.2 Å². The summed E-state index contributed by atoms with van der Waals surface area (Å²) in [4.78, 5) is 25.3. The molecule has 2 atom stereocenters. The molecule has 2 fully saturated rings. The number of carboxylic acid groups (broad SMARTS) is 1. The molecule has 8 heteroatoms. The highest BCUT2D eigenvalue weighted by Gasteiger charge is 2.57. The quantitative estimate of drug-likeness (QED) is 0.866. The fraction of sp³-hybridized carbons (Fsp3) is 0.529. The number of hydrogen-bond donors (Lipinski definition) is 1. The Morgan fingerprint density at radius 1 is 1.32 bits per heavy atom. The molecule has 1 N–H and O–H groups in total. The molecule has 2 aliphatic rings. The summed E-state index contributed by atoms with van der Waals surface area (Å²) < 4.78 is 27.2. The van der Waals surface area contributed by atoms with E-state index in [-0.39, 0.29) is 29.8 Å². The first-order valence-electron chi connectivity index (χ1n) is 8.24. The van der Waals surface area contributed by atoms with Gasteiger partial charge < -0.3 is 10.0 Å². The number of amides is 1. The number of aliphatic carboxylic acids is 1. The summed E-state index contributed by atoms with van der Waals surface area (Å²) >= 11 is 0.